The molecule has 7 N–H and O–H groups in total. The maximum atomic E-state index is 14.1. The molecule has 0 saturated heterocycles. The molecule has 1 saturated carbocycles. The predicted molar refractivity (Wildman–Crippen MR) is 167 cm³/mol. The number of nitrogens with two attached hydrogens (primary N) is 2. The zero-order chi connectivity index (χ0) is 29.8. The number of hydrogen-bond acceptors (Lipinski definition) is 5. The van der Waals surface area contributed by atoms with Crippen molar-refractivity contribution >= 4 is 60.9 Å². The van der Waals surface area contributed by atoms with Gasteiger partial charge in [-0.2, -0.15) is 0 Å². The Balaban J connectivity index is 0.00000103. The van der Waals surface area contributed by atoms with Crippen molar-refractivity contribution in [3.8, 4) is 0 Å². The number of aromatic nitrogens is 1. The van der Waals surface area contributed by atoms with Crippen LogP contribution in [0.5, 0.6) is 0 Å². The number of carbonyl (C=O) groups is 2. The van der Waals surface area contributed by atoms with Crippen molar-refractivity contribution < 1.29 is 14.0 Å². The van der Waals surface area contributed by atoms with Crippen LogP contribution in [0.25, 0.3) is 10.9 Å². The number of unbranched alkanes of at least 4 members (excludes halogenated alkanes) is 1. The van der Waals surface area contributed by atoms with E-state index in [4.69, 9.17) is 21.9 Å². The third-order valence-corrected chi connectivity index (χ3v) is 7.71. The molecule has 8 nitrogen and oxygen atoms in total. The topological polar surface area (TPSA) is 150 Å². The molecule has 2 amide bonds. The molecule has 0 bridgehead atoms. The Hall–Kier alpha value is -3.58. The normalized spacial score (nSPS) is 21.1. The molecule has 40 heavy (non-hydrogen) atoms. The number of fused-ring (bicyclic) bond motifs is 1. The lowest BCUT2D eigenvalue weighted by atomic mass is 9.67. The highest BCUT2D eigenvalue weighted by Crippen LogP contribution is 2.55. The number of H-pyrrole nitrogens is 1. The highest BCUT2D eigenvalue weighted by molar-refractivity contribution is 7.18. The predicted octanol–water partition coefficient (Wildman–Crippen LogP) is 6.56. The maximum absolute atomic E-state index is 14.1. The number of aliphatic imine (C=N–C) groups is 1. The number of aromatic amines is 1. The lowest BCUT2D eigenvalue weighted by molar-refractivity contribution is -0.134. The van der Waals surface area contributed by atoms with Gasteiger partial charge in [0.1, 0.15) is 5.41 Å². The fourth-order valence-corrected chi connectivity index (χ4v) is 5.78. The molecule has 0 aliphatic heterocycles. The van der Waals surface area contributed by atoms with E-state index in [2.05, 4.69) is 33.4 Å². The molecule has 1 fully saturated rings. The molecule has 2 unspecified atom stereocenters. The summed E-state index contributed by atoms with van der Waals surface area (Å²) in [6.45, 7) is 9.58. The molecular formula is C30H40FN6O2P. The Morgan fingerprint density at radius 2 is 1.85 bits per heavy atom. The van der Waals surface area contributed by atoms with Gasteiger partial charge in [0.2, 0.25) is 11.8 Å². The van der Waals surface area contributed by atoms with Crippen LogP contribution in [0, 0.1) is 10.8 Å². The fourth-order valence-electron chi connectivity index (χ4n) is 4.88. The Labute approximate surface area is 237 Å². The average molecular weight is 567 g/mol. The monoisotopic (exact) mass is 566 g/mol. The molecule has 2 atom stereocenters. The van der Waals surface area contributed by atoms with Gasteiger partial charge in [-0.25, -0.2) is 4.39 Å². The summed E-state index contributed by atoms with van der Waals surface area (Å²) in [6, 6.07) is 10.7. The van der Waals surface area contributed by atoms with Gasteiger partial charge in [0.05, 0.1) is 22.7 Å². The van der Waals surface area contributed by atoms with Gasteiger partial charge in [0.25, 0.3) is 0 Å². The number of nitrogens with zero attached hydrogens (tertiary/aromatic N) is 1. The molecule has 10 heteroatoms. The van der Waals surface area contributed by atoms with Crippen molar-refractivity contribution in [3.63, 3.8) is 0 Å². The van der Waals surface area contributed by atoms with E-state index in [0.717, 1.165) is 6.21 Å². The molecule has 3 aromatic rings. The number of amides is 2. The van der Waals surface area contributed by atoms with E-state index in [1.807, 2.05) is 12.1 Å². The number of halogens is 1. The van der Waals surface area contributed by atoms with E-state index in [0.29, 0.717) is 50.5 Å². The number of rotatable bonds is 8. The van der Waals surface area contributed by atoms with Crippen molar-refractivity contribution in [2.24, 2.45) is 16.1 Å². The summed E-state index contributed by atoms with van der Waals surface area (Å²) in [4.78, 5) is 33.1. The summed E-state index contributed by atoms with van der Waals surface area (Å²) in [7, 11) is 2.17. The number of para-hydroxylation sites is 1. The Morgan fingerprint density at radius 1 is 1.23 bits per heavy atom. The highest BCUT2D eigenvalue weighted by Gasteiger charge is 2.54. The quantitative estimate of drug-likeness (QED) is 0.119. The molecule has 0 radical (unpaired) electrons. The molecule has 1 aliphatic carbocycles. The van der Waals surface area contributed by atoms with Crippen LogP contribution >= 0.6 is 9.24 Å². The fraction of sp³-hybridized carbons (Fsp3) is 0.400. The van der Waals surface area contributed by atoms with Crippen molar-refractivity contribution in [3.05, 3.63) is 53.2 Å². The molecule has 4 rings (SSSR count). The molecule has 2 aromatic carbocycles. The van der Waals surface area contributed by atoms with Gasteiger partial charge in [-0.15, -0.1) is 0 Å². The summed E-state index contributed by atoms with van der Waals surface area (Å²) in [5.74, 6) is -1.46. The van der Waals surface area contributed by atoms with Crippen LogP contribution < -0.4 is 16.8 Å². The lowest BCUT2D eigenvalue weighted by Crippen LogP contribution is -2.50. The number of anilines is 2. The van der Waals surface area contributed by atoms with E-state index in [1.54, 1.807) is 45.0 Å². The minimum Gasteiger partial charge on any atom is -0.398 e. The summed E-state index contributed by atoms with van der Waals surface area (Å²) in [5.41, 5.74) is 15.2. The molecule has 1 heterocycles. The Kier molecular flexibility index (Phi) is 9.52. The Bertz CT molecular complexity index is 1450. The van der Waals surface area contributed by atoms with Gasteiger partial charge < -0.3 is 27.2 Å². The first-order valence-electron chi connectivity index (χ1n) is 13.5. The van der Waals surface area contributed by atoms with Crippen LogP contribution in [-0.4, -0.2) is 34.1 Å². The summed E-state index contributed by atoms with van der Waals surface area (Å²) < 4.78 is 14.1. The minimum absolute atomic E-state index is 0.128. The molecule has 1 aliphatic rings. The minimum atomic E-state index is -1.42. The summed E-state index contributed by atoms with van der Waals surface area (Å²) in [5, 5.41) is 10.0. The van der Waals surface area contributed by atoms with E-state index in [9.17, 15) is 14.0 Å². The second kappa shape index (κ2) is 12.3. The first-order valence-corrected chi connectivity index (χ1v) is 14.0. The van der Waals surface area contributed by atoms with Crippen molar-refractivity contribution in [1.29, 1.82) is 5.41 Å². The molecule has 0 spiro atoms. The lowest BCUT2D eigenvalue weighted by Gasteiger charge is -2.46. The maximum Gasteiger partial charge on any atom is 0.230 e. The number of nitrogen functional groups attached to an aromatic ring is 1. The standard InChI is InChI=1S/C26H30FN6O2P.C4H10/c1-13(23(30)34)21-22(20-16(10-28)17(29)8-9-19(20)32-21)31-14(2)15-6-4-5-7-18(15)33-24(35)25(3)11-26(27,36)12-25;1-3-4-2/h4-10,13,28,32H,11-12,29,36H2,1-3H3,(H2,30,34)(H,33,35);3-4H2,1-2H3. The number of carbonyl (C=O) groups excluding carboxylic acids is 2. The van der Waals surface area contributed by atoms with Gasteiger partial charge in [-0.3, -0.25) is 14.6 Å². The zero-order valence-corrected chi connectivity index (χ0v) is 25.0. The van der Waals surface area contributed by atoms with E-state index >= 15 is 0 Å². The largest absolute Gasteiger partial charge is 0.398 e. The average Bonchev–Trinajstić information content (AvgIpc) is 3.25. The van der Waals surface area contributed by atoms with Crippen LogP contribution in [0.3, 0.4) is 0 Å². The molecular weight excluding hydrogens is 526 g/mol. The van der Waals surface area contributed by atoms with Gasteiger partial charge in [-0.05, 0) is 44.9 Å². The van der Waals surface area contributed by atoms with Gasteiger partial charge in [-0.1, -0.05) is 61.1 Å². The Morgan fingerprint density at radius 3 is 2.40 bits per heavy atom. The van der Waals surface area contributed by atoms with Gasteiger partial charge in [0, 0.05) is 45.3 Å². The van der Waals surface area contributed by atoms with E-state index in [-0.39, 0.29) is 18.7 Å². The third-order valence-electron chi connectivity index (χ3n) is 7.31. The third kappa shape index (κ3) is 6.41. The SMILES string of the molecule is CC(=Nc1c(C(C)C(N)=O)[nH]c2ccc(N)c(C=N)c12)c1ccccc1NC(=O)C1(C)CC(F)(P)C1.CCCC. The van der Waals surface area contributed by atoms with Crippen molar-refractivity contribution in [1.82, 2.24) is 4.98 Å². The second-order valence-corrected chi connectivity index (χ2v) is 11.8. The first-order chi connectivity index (χ1) is 18.8. The molecule has 214 valence electrons. The van der Waals surface area contributed by atoms with Crippen molar-refractivity contribution in [2.45, 2.75) is 71.6 Å². The van der Waals surface area contributed by atoms with Crippen LogP contribution in [0.4, 0.5) is 21.5 Å². The van der Waals surface area contributed by atoms with Crippen LogP contribution in [-0.2, 0) is 9.59 Å². The summed E-state index contributed by atoms with van der Waals surface area (Å²) >= 11 is 0. The van der Waals surface area contributed by atoms with E-state index < -0.39 is 22.6 Å². The zero-order valence-electron chi connectivity index (χ0n) is 23.8. The number of nitrogens with one attached hydrogen (secondary N) is 3. The second-order valence-electron chi connectivity index (χ2n) is 10.8. The summed E-state index contributed by atoms with van der Waals surface area (Å²) in [6.07, 6.45) is 4.05. The smallest absolute Gasteiger partial charge is 0.230 e. The van der Waals surface area contributed by atoms with Crippen LogP contribution in [0.2, 0.25) is 0 Å². The number of alkyl halides is 1. The number of benzene rings is 2. The van der Waals surface area contributed by atoms with Gasteiger partial charge >= 0.3 is 0 Å². The van der Waals surface area contributed by atoms with Crippen molar-refractivity contribution in [2.75, 3.05) is 11.1 Å². The van der Waals surface area contributed by atoms with Gasteiger partial charge in [0.15, 0.2) is 0 Å². The van der Waals surface area contributed by atoms with Crippen LogP contribution in [0.15, 0.2) is 41.4 Å². The highest BCUT2D eigenvalue weighted by atomic mass is 31.0. The van der Waals surface area contributed by atoms with Crippen LogP contribution in [0.1, 0.15) is 83.0 Å². The molecule has 1 aromatic heterocycles. The number of primary amides is 1. The van der Waals surface area contributed by atoms with E-state index in [1.165, 1.54) is 12.8 Å². The number of hydrogen-bond donors (Lipinski definition) is 5. The first kappa shape index (κ1) is 31.0.